The van der Waals surface area contributed by atoms with E-state index in [4.69, 9.17) is 10.5 Å². The van der Waals surface area contributed by atoms with E-state index in [-0.39, 0.29) is 5.97 Å². The number of carbonyl (C=O) groups excluding carboxylic acids is 1. The lowest BCUT2D eigenvalue weighted by Crippen LogP contribution is -2.24. The first-order valence-corrected chi connectivity index (χ1v) is 7.03. The van der Waals surface area contributed by atoms with Crippen molar-refractivity contribution >= 4 is 11.7 Å². The number of esters is 1. The molecule has 21 heavy (non-hydrogen) atoms. The van der Waals surface area contributed by atoms with E-state index in [1.807, 2.05) is 37.6 Å². The van der Waals surface area contributed by atoms with E-state index in [9.17, 15) is 4.79 Å². The van der Waals surface area contributed by atoms with Gasteiger partial charge in [0, 0.05) is 12.1 Å². The molecule has 0 amide bonds. The summed E-state index contributed by atoms with van der Waals surface area (Å²) in [7, 11) is 0. The van der Waals surface area contributed by atoms with E-state index < -0.39 is 5.60 Å². The third kappa shape index (κ3) is 2.51. The monoisotopic (exact) mass is 285 g/mol. The molecule has 0 radical (unpaired) electrons. The Labute approximate surface area is 123 Å². The Morgan fingerprint density at radius 2 is 2.14 bits per heavy atom. The van der Waals surface area contributed by atoms with Gasteiger partial charge >= 0.3 is 5.97 Å². The minimum absolute atomic E-state index is 0.294. The summed E-state index contributed by atoms with van der Waals surface area (Å²) in [6, 6.07) is 5.62. The van der Waals surface area contributed by atoms with Crippen LogP contribution < -0.4 is 5.73 Å². The molecule has 0 unspecified atom stereocenters. The van der Waals surface area contributed by atoms with Gasteiger partial charge in [-0.05, 0) is 44.9 Å². The molecule has 2 heterocycles. The molecule has 110 valence electrons. The number of ether oxygens (including phenoxy) is 1. The number of anilines is 1. The highest BCUT2D eigenvalue weighted by Crippen LogP contribution is 2.33. The number of nitrogen functional groups attached to an aromatic ring is 1. The van der Waals surface area contributed by atoms with E-state index in [0.717, 1.165) is 29.8 Å². The van der Waals surface area contributed by atoms with Crippen LogP contribution in [0.3, 0.4) is 0 Å². The first-order chi connectivity index (χ1) is 9.85. The van der Waals surface area contributed by atoms with Crippen LogP contribution in [0.25, 0.3) is 11.3 Å². The Morgan fingerprint density at radius 1 is 1.38 bits per heavy atom. The Morgan fingerprint density at radius 3 is 2.86 bits per heavy atom. The molecular weight excluding hydrogens is 266 g/mol. The number of fused-ring (bicyclic) bond motifs is 3. The van der Waals surface area contributed by atoms with Crippen molar-refractivity contribution in [3.8, 4) is 11.3 Å². The number of aromatic nitrogens is 2. The number of nitrogens with zero attached hydrogens (tertiary/aromatic N) is 2. The van der Waals surface area contributed by atoms with Crippen LogP contribution in [0.15, 0.2) is 24.4 Å². The average molecular weight is 285 g/mol. The molecule has 1 aromatic carbocycles. The lowest BCUT2D eigenvalue weighted by molar-refractivity contribution is 0.00694. The summed E-state index contributed by atoms with van der Waals surface area (Å²) in [5, 5.41) is 4.26. The molecule has 0 aliphatic carbocycles. The number of nitrogens with two attached hydrogens (primary N) is 1. The lowest BCUT2D eigenvalue weighted by Gasteiger charge is -2.22. The average Bonchev–Trinajstić information content (AvgIpc) is 2.78. The molecule has 1 aliphatic rings. The zero-order valence-electron chi connectivity index (χ0n) is 12.5. The molecule has 1 aromatic heterocycles. The van der Waals surface area contributed by atoms with Crippen molar-refractivity contribution in [1.82, 2.24) is 9.78 Å². The topological polar surface area (TPSA) is 70.1 Å². The highest BCUT2D eigenvalue weighted by atomic mass is 16.6. The number of rotatable bonds is 1. The minimum Gasteiger partial charge on any atom is -0.456 e. The summed E-state index contributed by atoms with van der Waals surface area (Å²) in [5.41, 5.74) is 9.83. The molecule has 0 atom stereocenters. The van der Waals surface area contributed by atoms with Crippen LogP contribution in [-0.2, 0) is 17.7 Å². The zero-order chi connectivity index (χ0) is 15.2. The summed E-state index contributed by atoms with van der Waals surface area (Å²) in [6.45, 7) is 6.37. The van der Waals surface area contributed by atoms with E-state index in [1.165, 1.54) is 0 Å². The number of hydrogen-bond donors (Lipinski definition) is 1. The van der Waals surface area contributed by atoms with Crippen molar-refractivity contribution in [3.63, 3.8) is 0 Å². The Bertz CT molecular complexity index is 711. The second-order valence-electron chi connectivity index (χ2n) is 6.30. The third-order valence-corrected chi connectivity index (χ3v) is 3.46. The second kappa shape index (κ2) is 4.62. The molecule has 2 N–H and O–H groups in total. The quantitative estimate of drug-likeness (QED) is 0.818. The summed E-state index contributed by atoms with van der Waals surface area (Å²) in [6.07, 6.45) is 2.51. The van der Waals surface area contributed by atoms with Gasteiger partial charge in [-0.15, -0.1) is 0 Å². The van der Waals surface area contributed by atoms with Gasteiger partial charge in [-0.2, -0.15) is 5.10 Å². The Hall–Kier alpha value is -2.30. The van der Waals surface area contributed by atoms with Crippen LogP contribution in [0.1, 0.15) is 36.7 Å². The third-order valence-electron chi connectivity index (χ3n) is 3.46. The van der Waals surface area contributed by atoms with Gasteiger partial charge in [0.1, 0.15) is 5.60 Å². The predicted octanol–water partition coefficient (Wildman–Crippen LogP) is 2.64. The second-order valence-corrected chi connectivity index (χ2v) is 6.30. The number of benzene rings is 1. The van der Waals surface area contributed by atoms with E-state index in [0.29, 0.717) is 11.3 Å². The standard InChI is InChI=1S/C16H19N3O2/c1-16(2,3)21-15(20)11-4-5-12-10(8-11)6-7-19-14(12)13(17)9-18-19/h4-5,8-9H,6-7,17H2,1-3H3. The predicted molar refractivity (Wildman–Crippen MR) is 80.9 cm³/mol. The van der Waals surface area contributed by atoms with Crippen molar-refractivity contribution < 1.29 is 9.53 Å². The maximum absolute atomic E-state index is 12.1. The van der Waals surface area contributed by atoms with E-state index in [2.05, 4.69) is 5.10 Å². The molecular formula is C16H19N3O2. The van der Waals surface area contributed by atoms with Crippen molar-refractivity contribution in [1.29, 1.82) is 0 Å². The van der Waals surface area contributed by atoms with Crippen molar-refractivity contribution in [3.05, 3.63) is 35.5 Å². The largest absolute Gasteiger partial charge is 0.456 e. The van der Waals surface area contributed by atoms with Crippen LogP contribution in [-0.4, -0.2) is 21.4 Å². The van der Waals surface area contributed by atoms with Gasteiger partial charge in [0.15, 0.2) is 0 Å². The van der Waals surface area contributed by atoms with Gasteiger partial charge in [0.25, 0.3) is 0 Å². The van der Waals surface area contributed by atoms with Crippen LogP contribution in [0, 0.1) is 0 Å². The normalized spacial score (nSPS) is 13.5. The van der Waals surface area contributed by atoms with Crippen molar-refractivity contribution in [2.45, 2.75) is 39.3 Å². The number of carbonyl (C=O) groups is 1. The smallest absolute Gasteiger partial charge is 0.338 e. The Kier molecular flexibility index (Phi) is 3.01. The fourth-order valence-electron chi connectivity index (χ4n) is 2.59. The first-order valence-electron chi connectivity index (χ1n) is 7.03. The van der Waals surface area contributed by atoms with Gasteiger partial charge in [-0.25, -0.2) is 4.79 Å². The summed E-state index contributed by atoms with van der Waals surface area (Å²) in [4.78, 5) is 12.1. The molecule has 5 heteroatoms. The van der Waals surface area contributed by atoms with Gasteiger partial charge in [0.2, 0.25) is 0 Å². The molecule has 0 spiro atoms. The van der Waals surface area contributed by atoms with Gasteiger partial charge in [-0.3, -0.25) is 4.68 Å². The van der Waals surface area contributed by atoms with Crippen LogP contribution in [0.2, 0.25) is 0 Å². The minimum atomic E-state index is -0.490. The highest BCUT2D eigenvalue weighted by Gasteiger charge is 2.23. The molecule has 3 rings (SSSR count). The maximum Gasteiger partial charge on any atom is 0.338 e. The molecule has 5 nitrogen and oxygen atoms in total. The fraction of sp³-hybridized carbons (Fsp3) is 0.375. The first kappa shape index (κ1) is 13.7. The van der Waals surface area contributed by atoms with E-state index >= 15 is 0 Å². The van der Waals surface area contributed by atoms with Crippen LogP contribution in [0.5, 0.6) is 0 Å². The molecule has 2 aromatic rings. The van der Waals surface area contributed by atoms with Gasteiger partial charge in [0.05, 0.1) is 23.1 Å². The molecule has 0 saturated carbocycles. The molecule has 0 fully saturated rings. The molecule has 0 saturated heterocycles. The zero-order valence-corrected chi connectivity index (χ0v) is 12.5. The summed E-state index contributed by atoms with van der Waals surface area (Å²) >= 11 is 0. The lowest BCUT2D eigenvalue weighted by atomic mass is 9.95. The van der Waals surface area contributed by atoms with Gasteiger partial charge in [-0.1, -0.05) is 6.07 Å². The maximum atomic E-state index is 12.1. The van der Waals surface area contributed by atoms with E-state index in [1.54, 1.807) is 12.3 Å². The van der Waals surface area contributed by atoms with Crippen LogP contribution >= 0.6 is 0 Å². The highest BCUT2D eigenvalue weighted by molar-refractivity contribution is 5.91. The van der Waals surface area contributed by atoms with Crippen molar-refractivity contribution in [2.75, 3.05) is 5.73 Å². The molecule has 1 aliphatic heterocycles. The summed E-state index contributed by atoms with van der Waals surface area (Å²) < 4.78 is 7.32. The SMILES string of the molecule is CC(C)(C)OC(=O)c1ccc2c(c1)CCn1ncc(N)c1-2. The summed E-state index contributed by atoms with van der Waals surface area (Å²) in [5.74, 6) is -0.294. The Balaban J connectivity index is 1.97. The fourth-order valence-corrected chi connectivity index (χ4v) is 2.59. The van der Waals surface area contributed by atoms with Crippen molar-refractivity contribution in [2.24, 2.45) is 0 Å². The van der Waals surface area contributed by atoms with Crippen LogP contribution in [0.4, 0.5) is 5.69 Å². The number of hydrogen-bond acceptors (Lipinski definition) is 4. The molecule has 0 bridgehead atoms. The number of aryl methyl sites for hydroxylation is 2. The van der Waals surface area contributed by atoms with Gasteiger partial charge < -0.3 is 10.5 Å².